The summed E-state index contributed by atoms with van der Waals surface area (Å²) in [6.45, 7) is 9.01. The third kappa shape index (κ3) is 5.85. The molecular weight excluding hydrogens is 437 g/mol. The van der Waals surface area contributed by atoms with Gasteiger partial charge in [0.2, 0.25) is 0 Å². The fourth-order valence-electron chi connectivity index (χ4n) is 5.61. The predicted octanol–water partition coefficient (Wildman–Crippen LogP) is 5.37. The molecule has 0 radical (unpaired) electrons. The summed E-state index contributed by atoms with van der Waals surface area (Å²) in [6.07, 6.45) is 4.71. The Morgan fingerprint density at radius 2 is 1.57 bits per heavy atom. The van der Waals surface area contributed by atoms with Gasteiger partial charge in [0, 0.05) is 57.4 Å². The molecule has 0 bridgehead atoms. The van der Waals surface area contributed by atoms with Gasteiger partial charge < -0.3 is 9.64 Å². The fourth-order valence-corrected chi connectivity index (χ4v) is 5.61. The second-order valence-corrected chi connectivity index (χ2v) is 10.0. The zero-order valence-electron chi connectivity index (χ0n) is 21.0. The van der Waals surface area contributed by atoms with Crippen molar-refractivity contribution in [1.29, 1.82) is 0 Å². The van der Waals surface area contributed by atoms with Crippen LogP contribution in [-0.4, -0.2) is 74.2 Å². The van der Waals surface area contributed by atoms with E-state index in [9.17, 15) is 4.39 Å². The van der Waals surface area contributed by atoms with Gasteiger partial charge in [0.05, 0.1) is 7.11 Å². The highest BCUT2D eigenvalue weighted by Gasteiger charge is 2.28. The van der Waals surface area contributed by atoms with Gasteiger partial charge in [-0.1, -0.05) is 42.5 Å². The molecule has 4 nitrogen and oxygen atoms in total. The quantitative estimate of drug-likeness (QED) is 0.367. The molecule has 0 N–H and O–H groups in total. The number of unbranched alkanes of at least 4 members (excludes halogenated alkanes) is 1. The number of rotatable bonds is 10. The average molecular weight is 476 g/mol. The van der Waals surface area contributed by atoms with E-state index in [0.29, 0.717) is 6.04 Å². The Kier molecular flexibility index (Phi) is 7.97. The predicted molar refractivity (Wildman–Crippen MR) is 142 cm³/mol. The SMILES string of the molecule is COc1ccc2ccccc2c1CCCCN1CCN(CC(c2ccc(F)cc2)N2CCC2)CC1. The molecule has 0 aliphatic carbocycles. The summed E-state index contributed by atoms with van der Waals surface area (Å²) in [5, 5.41) is 2.61. The number of piperazine rings is 1. The van der Waals surface area contributed by atoms with Gasteiger partial charge in [-0.15, -0.1) is 0 Å². The minimum absolute atomic E-state index is 0.149. The first-order valence-electron chi connectivity index (χ1n) is 13.2. The van der Waals surface area contributed by atoms with Crippen molar-refractivity contribution in [2.24, 2.45) is 0 Å². The van der Waals surface area contributed by atoms with E-state index in [1.165, 1.54) is 41.2 Å². The summed E-state index contributed by atoms with van der Waals surface area (Å²) in [5.41, 5.74) is 2.59. The highest BCUT2D eigenvalue weighted by atomic mass is 19.1. The van der Waals surface area contributed by atoms with Crippen molar-refractivity contribution in [3.05, 3.63) is 77.6 Å². The van der Waals surface area contributed by atoms with E-state index >= 15 is 0 Å². The van der Waals surface area contributed by atoms with Crippen LogP contribution in [0, 0.1) is 5.82 Å². The van der Waals surface area contributed by atoms with Crippen LogP contribution in [0.3, 0.4) is 0 Å². The maximum Gasteiger partial charge on any atom is 0.123 e. The van der Waals surface area contributed by atoms with Gasteiger partial charge >= 0.3 is 0 Å². The van der Waals surface area contributed by atoms with Crippen LogP contribution in [0.1, 0.15) is 36.4 Å². The molecule has 2 heterocycles. The summed E-state index contributed by atoms with van der Waals surface area (Å²) in [5.74, 6) is 0.860. The number of likely N-dealkylation sites (tertiary alicyclic amines) is 1. The van der Waals surface area contributed by atoms with Crippen LogP contribution in [0.2, 0.25) is 0 Å². The van der Waals surface area contributed by atoms with Gasteiger partial charge in [0.15, 0.2) is 0 Å². The summed E-state index contributed by atoms with van der Waals surface area (Å²) in [4.78, 5) is 7.76. The lowest BCUT2D eigenvalue weighted by atomic mass is 9.99. The molecule has 2 fully saturated rings. The van der Waals surface area contributed by atoms with Crippen LogP contribution in [0.25, 0.3) is 10.8 Å². The lowest BCUT2D eigenvalue weighted by molar-refractivity contribution is 0.0597. The van der Waals surface area contributed by atoms with Crippen molar-refractivity contribution in [3.63, 3.8) is 0 Å². The second-order valence-electron chi connectivity index (χ2n) is 10.0. The van der Waals surface area contributed by atoms with Crippen LogP contribution in [0.4, 0.5) is 4.39 Å². The van der Waals surface area contributed by atoms with Gasteiger partial charge in [-0.25, -0.2) is 4.39 Å². The standard InChI is InChI=1S/C30H38FN3O/c1-35-30-15-12-24-7-2-3-8-27(24)28(30)9-4-5-16-32-19-21-33(22-20-32)23-29(34-17-6-18-34)25-10-13-26(31)14-11-25/h2-3,7-8,10-15,29H,4-6,9,16-23H2,1H3. The third-order valence-corrected chi connectivity index (χ3v) is 7.85. The summed E-state index contributed by atoms with van der Waals surface area (Å²) >= 11 is 0. The van der Waals surface area contributed by atoms with Gasteiger partial charge in [-0.05, 0) is 66.8 Å². The number of hydrogen-bond donors (Lipinski definition) is 0. The van der Waals surface area contributed by atoms with Crippen molar-refractivity contribution in [1.82, 2.24) is 14.7 Å². The van der Waals surface area contributed by atoms with E-state index in [4.69, 9.17) is 4.74 Å². The number of methoxy groups -OCH3 is 1. The normalized spacial score (nSPS) is 18.5. The number of aryl methyl sites for hydroxylation is 1. The molecule has 2 aliphatic heterocycles. The van der Waals surface area contributed by atoms with E-state index in [1.807, 2.05) is 12.1 Å². The molecule has 5 heteroatoms. The first-order valence-corrected chi connectivity index (χ1v) is 13.2. The Morgan fingerprint density at radius 3 is 2.29 bits per heavy atom. The van der Waals surface area contributed by atoms with Crippen molar-refractivity contribution in [2.75, 3.05) is 59.5 Å². The summed E-state index contributed by atoms with van der Waals surface area (Å²) in [6, 6.07) is 20.4. The van der Waals surface area contributed by atoms with Crippen LogP contribution >= 0.6 is 0 Å². The van der Waals surface area contributed by atoms with Gasteiger partial charge in [-0.3, -0.25) is 9.80 Å². The maximum atomic E-state index is 13.4. The van der Waals surface area contributed by atoms with Crippen molar-refractivity contribution < 1.29 is 9.13 Å². The van der Waals surface area contributed by atoms with E-state index in [0.717, 1.165) is 64.5 Å². The molecule has 5 rings (SSSR count). The third-order valence-electron chi connectivity index (χ3n) is 7.85. The topological polar surface area (TPSA) is 19.0 Å². The minimum Gasteiger partial charge on any atom is -0.496 e. The zero-order chi connectivity index (χ0) is 24.0. The Labute approximate surface area is 209 Å². The average Bonchev–Trinajstić information content (AvgIpc) is 2.86. The largest absolute Gasteiger partial charge is 0.496 e. The Morgan fingerprint density at radius 1 is 0.829 bits per heavy atom. The highest BCUT2D eigenvalue weighted by molar-refractivity contribution is 5.87. The first-order chi connectivity index (χ1) is 17.2. The molecule has 0 aromatic heterocycles. The van der Waals surface area contributed by atoms with E-state index < -0.39 is 0 Å². The van der Waals surface area contributed by atoms with Crippen molar-refractivity contribution in [2.45, 2.75) is 31.7 Å². The molecule has 3 aromatic rings. The number of halogens is 1. The number of hydrogen-bond acceptors (Lipinski definition) is 4. The molecule has 0 amide bonds. The lowest BCUT2D eigenvalue weighted by Crippen LogP contribution is -2.51. The number of nitrogens with zero attached hydrogens (tertiary/aromatic N) is 3. The molecule has 3 aromatic carbocycles. The summed E-state index contributed by atoms with van der Waals surface area (Å²) < 4.78 is 19.1. The molecule has 35 heavy (non-hydrogen) atoms. The van der Waals surface area contributed by atoms with Crippen LogP contribution < -0.4 is 4.74 Å². The van der Waals surface area contributed by atoms with Crippen LogP contribution in [0.5, 0.6) is 5.75 Å². The highest BCUT2D eigenvalue weighted by Crippen LogP contribution is 2.30. The Balaban J connectivity index is 1.09. The summed E-state index contributed by atoms with van der Waals surface area (Å²) in [7, 11) is 1.77. The molecule has 0 spiro atoms. The molecule has 0 saturated carbocycles. The molecule has 1 unspecified atom stereocenters. The molecule has 186 valence electrons. The molecular formula is C30H38FN3O. The second kappa shape index (κ2) is 11.5. The minimum atomic E-state index is -0.149. The van der Waals surface area contributed by atoms with Crippen LogP contribution in [-0.2, 0) is 6.42 Å². The molecule has 1 atom stereocenters. The monoisotopic (exact) mass is 475 g/mol. The number of fused-ring (bicyclic) bond motifs is 1. The van der Waals surface area contributed by atoms with E-state index in [-0.39, 0.29) is 5.82 Å². The lowest BCUT2D eigenvalue weighted by Gasteiger charge is -2.43. The van der Waals surface area contributed by atoms with E-state index in [2.05, 4.69) is 51.1 Å². The van der Waals surface area contributed by atoms with Crippen LogP contribution in [0.15, 0.2) is 60.7 Å². The van der Waals surface area contributed by atoms with Gasteiger partial charge in [0.25, 0.3) is 0 Å². The molecule has 2 aliphatic rings. The van der Waals surface area contributed by atoms with Gasteiger partial charge in [-0.2, -0.15) is 0 Å². The zero-order valence-corrected chi connectivity index (χ0v) is 21.0. The number of ether oxygens (including phenoxy) is 1. The van der Waals surface area contributed by atoms with Gasteiger partial charge in [0.1, 0.15) is 11.6 Å². The first kappa shape index (κ1) is 24.2. The van der Waals surface area contributed by atoms with E-state index in [1.54, 1.807) is 19.2 Å². The Hall–Kier alpha value is -2.47. The Bertz CT molecular complexity index is 1090. The van der Waals surface area contributed by atoms with Crippen molar-refractivity contribution in [3.8, 4) is 5.75 Å². The fraction of sp³-hybridized carbons (Fsp3) is 0.467. The van der Waals surface area contributed by atoms with Crippen molar-refractivity contribution >= 4 is 10.8 Å². The number of benzene rings is 3. The molecule has 2 saturated heterocycles. The smallest absolute Gasteiger partial charge is 0.123 e. The maximum absolute atomic E-state index is 13.4.